The zero-order valence-corrected chi connectivity index (χ0v) is 10.4. The van der Waals surface area contributed by atoms with Crippen molar-refractivity contribution in [2.75, 3.05) is 23.9 Å². The number of thioether (sulfide) groups is 1. The molecular formula is C11H16N4S. The van der Waals surface area contributed by atoms with E-state index >= 15 is 0 Å². The van der Waals surface area contributed by atoms with Gasteiger partial charge in [-0.2, -0.15) is 16.7 Å². The molecule has 0 amide bonds. The van der Waals surface area contributed by atoms with Gasteiger partial charge in [-0.3, -0.25) is 0 Å². The van der Waals surface area contributed by atoms with E-state index in [-0.39, 0.29) is 0 Å². The molecule has 0 radical (unpaired) electrons. The SMILES string of the molecule is CSCC(C)CNc1nc2ccccn2n1. The van der Waals surface area contributed by atoms with Crippen LogP contribution in [0.3, 0.4) is 0 Å². The number of hydrogen-bond acceptors (Lipinski definition) is 4. The Hall–Kier alpha value is -1.23. The minimum Gasteiger partial charge on any atom is -0.353 e. The van der Waals surface area contributed by atoms with Gasteiger partial charge in [0.25, 0.3) is 0 Å². The molecule has 1 atom stereocenters. The van der Waals surface area contributed by atoms with Crippen molar-refractivity contribution in [1.82, 2.24) is 14.6 Å². The average molecular weight is 236 g/mol. The highest BCUT2D eigenvalue weighted by Gasteiger charge is 2.04. The van der Waals surface area contributed by atoms with Gasteiger partial charge in [0.2, 0.25) is 5.95 Å². The maximum Gasteiger partial charge on any atom is 0.243 e. The Morgan fingerprint density at radius 2 is 2.38 bits per heavy atom. The van der Waals surface area contributed by atoms with E-state index in [1.165, 1.54) is 0 Å². The van der Waals surface area contributed by atoms with Crippen LogP contribution in [-0.2, 0) is 0 Å². The van der Waals surface area contributed by atoms with Crippen molar-refractivity contribution in [1.29, 1.82) is 0 Å². The summed E-state index contributed by atoms with van der Waals surface area (Å²) in [6, 6.07) is 5.86. The molecule has 2 rings (SSSR count). The molecule has 0 saturated heterocycles. The van der Waals surface area contributed by atoms with Crippen molar-refractivity contribution in [2.24, 2.45) is 5.92 Å². The van der Waals surface area contributed by atoms with E-state index in [4.69, 9.17) is 0 Å². The van der Waals surface area contributed by atoms with Gasteiger partial charge in [0.05, 0.1) is 0 Å². The van der Waals surface area contributed by atoms with Gasteiger partial charge in [-0.05, 0) is 30.1 Å². The van der Waals surface area contributed by atoms with E-state index in [0.717, 1.165) is 17.9 Å². The second-order valence-corrected chi connectivity index (χ2v) is 4.79. The number of pyridine rings is 1. The van der Waals surface area contributed by atoms with Crippen LogP contribution >= 0.6 is 11.8 Å². The van der Waals surface area contributed by atoms with Crippen LogP contribution < -0.4 is 5.32 Å². The van der Waals surface area contributed by atoms with Crippen molar-refractivity contribution in [3.8, 4) is 0 Å². The van der Waals surface area contributed by atoms with E-state index in [9.17, 15) is 0 Å². The molecule has 2 aromatic rings. The zero-order valence-electron chi connectivity index (χ0n) is 9.55. The van der Waals surface area contributed by atoms with Crippen LogP contribution in [0, 0.1) is 5.92 Å². The Kier molecular flexibility index (Phi) is 3.66. The fourth-order valence-electron chi connectivity index (χ4n) is 1.52. The predicted molar refractivity (Wildman–Crippen MR) is 69.0 cm³/mol. The lowest BCUT2D eigenvalue weighted by Gasteiger charge is -2.08. The van der Waals surface area contributed by atoms with Crippen LogP contribution in [-0.4, -0.2) is 33.2 Å². The Morgan fingerprint density at radius 3 is 3.12 bits per heavy atom. The number of aromatic nitrogens is 3. The van der Waals surface area contributed by atoms with Crippen LogP contribution in [0.25, 0.3) is 5.65 Å². The first-order valence-electron chi connectivity index (χ1n) is 5.34. The first-order valence-corrected chi connectivity index (χ1v) is 6.73. The van der Waals surface area contributed by atoms with Gasteiger partial charge in [-0.1, -0.05) is 13.0 Å². The first kappa shape index (κ1) is 11.3. The van der Waals surface area contributed by atoms with Crippen LogP contribution in [0.5, 0.6) is 0 Å². The minimum atomic E-state index is 0.626. The van der Waals surface area contributed by atoms with E-state index in [1.54, 1.807) is 4.52 Å². The summed E-state index contributed by atoms with van der Waals surface area (Å²) < 4.78 is 1.78. The highest BCUT2D eigenvalue weighted by atomic mass is 32.2. The fraction of sp³-hybridized carbons (Fsp3) is 0.455. The normalized spacial score (nSPS) is 12.9. The molecule has 1 N–H and O–H groups in total. The molecule has 4 nitrogen and oxygen atoms in total. The summed E-state index contributed by atoms with van der Waals surface area (Å²) in [5, 5.41) is 7.59. The standard InChI is InChI=1S/C11H16N4S/c1-9(8-16-2)7-12-11-13-10-5-3-4-6-15(10)14-11/h3-6,9H,7-8H2,1-2H3,(H,12,14). The van der Waals surface area contributed by atoms with Crippen molar-refractivity contribution in [2.45, 2.75) is 6.92 Å². The number of anilines is 1. The first-order chi connectivity index (χ1) is 7.79. The number of hydrogen-bond donors (Lipinski definition) is 1. The summed E-state index contributed by atoms with van der Waals surface area (Å²) in [5.74, 6) is 2.49. The average Bonchev–Trinajstić information content (AvgIpc) is 2.69. The third-order valence-corrected chi connectivity index (χ3v) is 3.20. The van der Waals surface area contributed by atoms with Gasteiger partial charge >= 0.3 is 0 Å². The lowest BCUT2D eigenvalue weighted by atomic mass is 10.2. The quantitative estimate of drug-likeness (QED) is 0.863. The highest BCUT2D eigenvalue weighted by molar-refractivity contribution is 7.98. The van der Waals surface area contributed by atoms with Crippen LogP contribution in [0.4, 0.5) is 5.95 Å². The van der Waals surface area contributed by atoms with Crippen LogP contribution in [0.15, 0.2) is 24.4 Å². The Labute approximate surface area is 99.5 Å². The van der Waals surface area contributed by atoms with Gasteiger partial charge in [0.15, 0.2) is 5.65 Å². The van der Waals surface area contributed by atoms with E-state index in [2.05, 4.69) is 28.6 Å². The molecule has 0 spiro atoms. The summed E-state index contributed by atoms with van der Waals surface area (Å²) in [6.45, 7) is 3.14. The topological polar surface area (TPSA) is 42.2 Å². The molecule has 2 aromatic heterocycles. The lowest BCUT2D eigenvalue weighted by molar-refractivity contribution is 0.696. The highest BCUT2D eigenvalue weighted by Crippen LogP contribution is 2.07. The second-order valence-electron chi connectivity index (χ2n) is 3.88. The largest absolute Gasteiger partial charge is 0.353 e. The summed E-state index contributed by atoms with van der Waals surface area (Å²) in [6.07, 6.45) is 4.03. The van der Waals surface area contributed by atoms with Crippen molar-refractivity contribution in [3.05, 3.63) is 24.4 Å². The molecule has 16 heavy (non-hydrogen) atoms. The second kappa shape index (κ2) is 5.21. The van der Waals surface area contributed by atoms with Crippen LogP contribution in [0.1, 0.15) is 6.92 Å². The van der Waals surface area contributed by atoms with E-state index < -0.39 is 0 Å². The van der Waals surface area contributed by atoms with Crippen molar-refractivity contribution in [3.63, 3.8) is 0 Å². The fourth-order valence-corrected chi connectivity index (χ4v) is 2.20. The van der Waals surface area contributed by atoms with Crippen molar-refractivity contribution >= 4 is 23.4 Å². The molecule has 1 unspecified atom stereocenters. The molecule has 2 heterocycles. The lowest BCUT2D eigenvalue weighted by Crippen LogP contribution is -2.14. The van der Waals surface area contributed by atoms with E-state index in [1.807, 2.05) is 36.2 Å². The molecule has 0 aliphatic rings. The van der Waals surface area contributed by atoms with Crippen molar-refractivity contribution < 1.29 is 0 Å². The molecule has 0 fully saturated rings. The number of rotatable bonds is 5. The molecule has 0 aliphatic carbocycles. The molecule has 0 aromatic carbocycles. The van der Waals surface area contributed by atoms with Gasteiger partial charge in [-0.15, -0.1) is 5.10 Å². The summed E-state index contributed by atoms with van der Waals surface area (Å²) in [4.78, 5) is 4.38. The monoisotopic (exact) mass is 236 g/mol. The molecule has 0 bridgehead atoms. The number of fused-ring (bicyclic) bond motifs is 1. The Morgan fingerprint density at radius 1 is 1.50 bits per heavy atom. The van der Waals surface area contributed by atoms with Gasteiger partial charge in [0, 0.05) is 12.7 Å². The molecule has 5 heteroatoms. The number of nitrogens with one attached hydrogen (secondary N) is 1. The number of nitrogens with zero attached hydrogens (tertiary/aromatic N) is 3. The molecule has 86 valence electrons. The Balaban J connectivity index is 1.99. The smallest absolute Gasteiger partial charge is 0.243 e. The Bertz CT molecular complexity index is 421. The third kappa shape index (κ3) is 2.66. The minimum absolute atomic E-state index is 0.626. The summed E-state index contributed by atoms with van der Waals surface area (Å²) in [5.41, 5.74) is 0.877. The maximum absolute atomic E-state index is 4.38. The predicted octanol–water partition coefficient (Wildman–Crippen LogP) is 2.14. The van der Waals surface area contributed by atoms with Gasteiger partial charge < -0.3 is 5.32 Å². The zero-order chi connectivity index (χ0) is 11.4. The summed E-state index contributed by atoms with van der Waals surface area (Å²) >= 11 is 1.86. The van der Waals surface area contributed by atoms with Gasteiger partial charge in [0.1, 0.15) is 0 Å². The molecule has 0 aliphatic heterocycles. The van der Waals surface area contributed by atoms with Crippen LogP contribution in [0.2, 0.25) is 0 Å². The third-order valence-electron chi connectivity index (χ3n) is 2.30. The molecule has 0 saturated carbocycles. The van der Waals surface area contributed by atoms with E-state index in [0.29, 0.717) is 11.9 Å². The summed E-state index contributed by atoms with van der Waals surface area (Å²) in [7, 11) is 0. The maximum atomic E-state index is 4.38. The van der Waals surface area contributed by atoms with Gasteiger partial charge in [-0.25, -0.2) is 4.52 Å². The molecular weight excluding hydrogens is 220 g/mol.